The molecule has 2 amide bonds. The van der Waals surface area contributed by atoms with Crippen LogP contribution in [0.5, 0.6) is 5.75 Å². The van der Waals surface area contributed by atoms with Gasteiger partial charge in [-0.3, -0.25) is 9.59 Å². The minimum atomic E-state index is -0.670. The topological polar surface area (TPSA) is 58.6 Å². The highest BCUT2D eigenvalue weighted by atomic mass is 16.5. The molecule has 0 fully saturated rings. The summed E-state index contributed by atoms with van der Waals surface area (Å²) in [6, 6.07) is 16.4. The minimum absolute atomic E-state index is 0.0307. The van der Waals surface area contributed by atoms with E-state index in [1.54, 1.807) is 12.0 Å². The number of hydrogen-bond donors (Lipinski definition) is 1. The summed E-state index contributed by atoms with van der Waals surface area (Å²) in [5.74, 6) is 0.908. The molecule has 29 heavy (non-hydrogen) atoms. The van der Waals surface area contributed by atoms with Gasteiger partial charge >= 0.3 is 0 Å². The molecule has 1 atom stereocenters. The Balaban J connectivity index is 2.38. The number of rotatable bonds is 10. The summed E-state index contributed by atoms with van der Waals surface area (Å²) in [6.07, 6.45) is 1.13. The number of carbonyl (C=O) groups is 2. The fourth-order valence-corrected chi connectivity index (χ4v) is 3.12. The van der Waals surface area contributed by atoms with Crippen LogP contribution in [0.2, 0.25) is 0 Å². The van der Waals surface area contributed by atoms with Crippen LogP contribution in [0.3, 0.4) is 0 Å². The summed E-state index contributed by atoms with van der Waals surface area (Å²) < 4.78 is 5.22. The van der Waals surface area contributed by atoms with Crippen LogP contribution in [0.25, 0.3) is 0 Å². The Bertz CT molecular complexity index is 772. The average molecular weight is 397 g/mol. The number of benzene rings is 2. The molecule has 0 radical (unpaired) electrons. The number of amides is 2. The summed E-state index contributed by atoms with van der Waals surface area (Å²) in [4.78, 5) is 27.9. The van der Waals surface area contributed by atoms with Gasteiger partial charge in [0, 0.05) is 19.5 Å². The molecule has 0 bridgehead atoms. The lowest BCUT2D eigenvalue weighted by molar-refractivity contribution is -0.141. The van der Waals surface area contributed by atoms with E-state index >= 15 is 0 Å². The maximum Gasteiger partial charge on any atom is 0.247 e. The van der Waals surface area contributed by atoms with Gasteiger partial charge in [-0.1, -0.05) is 63.2 Å². The van der Waals surface area contributed by atoms with Crippen LogP contribution in [-0.4, -0.2) is 30.4 Å². The van der Waals surface area contributed by atoms with Crippen LogP contribution in [-0.2, 0) is 16.1 Å². The Kier molecular flexibility index (Phi) is 8.71. The van der Waals surface area contributed by atoms with Crippen molar-refractivity contribution in [3.63, 3.8) is 0 Å². The van der Waals surface area contributed by atoms with E-state index < -0.39 is 6.04 Å². The van der Waals surface area contributed by atoms with Gasteiger partial charge < -0.3 is 15.0 Å². The molecule has 1 N–H and O–H groups in total. The van der Waals surface area contributed by atoms with Crippen molar-refractivity contribution in [3.8, 4) is 5.75 Å². The van der Waals surface area contributed by atoms with E-state index in [0.29, 0.717) is 25.4 Å². The highest BCUT2D eigenvalue weighted by molar-refractivity contribution is 5.88. The first-order valence-corrected chi connectivity index (χ1v) is 10.2. The van der Waals surface area contributed by atoms with Gasteiger partial charge in [-0.2, -0.15) is 0 Å². The fraction of sp³-hybridized carbons (Fsp3) is 0.417. The molecule has 0 spiro atoms. The zero-order valence-electron chi connectivity index (χ0n) is 17.9. The third kappa shape index (κ3) is 6.63. The predicted molar refractivity (Wildman–Crippen MR) is 115 cm³/mol. The van der Waals surface area contributed by atoms with Crippen LogP contribution in [0, 0.1) is 5.92 Å². The van der Waals surface area contributed by atoms with Crippen molar-refractivity contribution in [1.82, 2.24) is 10.2 Å². The maximum absolute atomic E-state index is 13.2. The van der Waals surface area contributed by atoms with Gasteiger partial charge in [0.1, 0.15) is 11.8 Å². The Morgan fingerprint density at radius 2 is 1.69 bits per heavy atom. The van der Waals surface area contributed by atoms with E-state index in [2.05, 4.69) is 19.2 Å². The predicted octanol–water partition coefficient (Wildman–Crippen LogP) is 4.34. The van der Waals surface area contributed by atoms with Gasteiger partial charge in [0.05, 0.1) is 7.11 Å². The molecule has 0 heterocycles. The van der Waals surface area contributed by atoms with E-state index in [-0.39, 0.29) is 11.8 Å². The molecule has 0 aliphatic carbocycles. The third-order valence-corrected chi connectivity index (χ3v) is 4.66. The lowest BCUT2D eigenvalue weighted by atomic mass is 10.0. The van der Waals surface area contributed by atoms with Crippen LogP contribution in [0.4, 0.5) is 0 Å². The van der Waals surface area contributed by atoms with Crippen molar-refractivity contribution < 1.29 is 14.3 Å². The fourth-order valence-electron chi connectivity index (χ4n) is 3.12. The van der Waals surface area contributed by atoms with Crippen molar-refractivity contribution >= 4 is 11.8 Å². The molecular formula is C24H32N2O3. The molecule has 0 saturated heterocycles. The van der Waals surface area contributed by atoms with Crippen LogP contribution in [0.15, 0.2) is 54.6 Å². The number of methoxy groups -OCH3 is 1. The first-order chi connectivity index (χ1) is 14.0. The van der Waals surface area contributed by atoms with Gasteiger partial charge in [-0.15, -0.1) is 0 Å². The SMILES string of the molecule is CCCC(=O)N(Cc1ccc(OC)cc1)[C@@H](C(=O)NCC(C)C)c1ccccc1. The highest BCUT2D eigenvalue weighted by Gasteiger charge is 2.31. The van der Waals surface area contributed by atoms with Crippen LogP contribution in [0.1, 0.15) is 50.8 Å². The molecule has 2 rings (SSSR count). The normalized spacial score (nSPS) is 11.8. The number of nitrogens with zero attached hydrogens (tertiary/aromatic N) is 1. The summed E-state index contributed by atoms with van der Waals surface area (Å²) in [7, 11) is 1.62. The van der Waals surface area contributed by atoms with Crippen molar-refractivity contribution in [3.05, 3.63) is 65.7 Å². The van der Waals surface area contributed by atoms with E-state index in [1.165, 1.54) is 0 Å². The highest BCUT2D eigenvalue weighted by Crippen LogP contribution is 2.25. The zero-order valence-corrected chi connectivity index (χ0v) is 17.9. The Labute approximate surface area is 174 Å². The second kappa shape index (κ2) is 11.2. The van der Waals surface area contributed by atoms with Gasteiger partial charge in [-0.25, -0.2) is 0 Å². The van der Waals surface area contributed by atoms with Crippen LogP contribution < -0.4 is 10.1 Å². The molecular weight excluding hydrogens is 364 g/mol. The Morgan fingerprint density at radius 1 is 1.03 bits per heavy atom. The van der Waals surface area contributed by atoms with Crippen molar-refractivity contribution in [2.24, 2.45) is 5.92 Å². The quantitative estimate of drug-likeness (QED) is 0.650. The van der Waals surface area contributed by atoms with Gasteiger partial charge in [0.25, 0.3) is 0 Å². The van der Waals surface area contributed by atoms with E-state index in [9.17, 15) is 9.59 Å². The number of carbonyl (C=O) groups excluding carboxylic acids is 2. The molecule has 2 aromatic carbocycles. The lowest BCUT2D eigenvalue weighted by Gasteiger charge is -2.32. The molecule has 0 aliphatic rings. The largest absolute Gasteiger partial charge is 0.497 e. The van der Waals surface area contributed by atoms with Gasteiger partial charge in [0.15, 0.2) is 0 Å². The molecule has 0 unspecified atom stereocenters. The summed E-state index contributed by atoms with van der Waals surface area (Å²) in [6.45, 7) is 7.00. The second-order valence-electron chi connectivity index (χ2n) is 7.57. The van der Waals surface area contributed by atoms with Gasteiger partial charge in [0.2, 0.25) is 11.8 Å². The van der Waals surface area contributed by atoms with E-state index in [0.717, 1.165) is 23.3 Å². The summed E-state index contributed by atoms with van der Waals surface area (Å²) in [5, 5.41) is 3.01. The molecule has 0 saturated carbocycles. The molecule has 0 aliphatic heterocycles. The lowest BCUT2D eigenvalue weighted by Crippen LogP contribution is -2.44. The van der Waals surface area contributed by atoms with E-state index in [4.69, 9.17) is 4.74 Å². The molecule has 5 nitrogen and oxygen atoms in total. The molecule has 5 heteroatoms. The smallest absolute Gasteiger partial charge is 0.247 e. The van der Waals surface area contributed by atoms with Crippen molar-refractivity contribution in [2.45, 2.75) is 46.2 Å². The Morgan fingerprint density at radius 3 is 2.24 bits per heavy atom. The van der Waals surface area contributed by atoms with Crippen molar-refractivity contribution in [2.75, 3.05) is 13.7 Å². The summed E-state index contributed by atoms with van der Waals surface area (Å²) >= 11 is 0. The van der Waals surface area contributed by atoms with Gasteiger partial charge in [-0.05, 0) is 35.6 Å². The number of hydrogen-bond acceptors (Lipinski definition) is 3. The maximum atomic E-state index is 13.2. The molecule has 156 valence electrons. The molecule has 0 aromatic heterocycles. The third-order valence-electron chi connectivity index (χ3n) is 4.66. The Hall–Kier alpha value is -2.82. The van der Waals surface area contributed by atoms with Crippen LogP contribution >= 0.6 is 0 Å². The second-order valence-corrected chi connectivity index (χ2v) is 7.57. The van der Waals surface area contributed by atoms with Crippen molar-refractivity contribution in [1.29, 1.82) is 0 Å². The molecule has 2 aromatic rings. The number of nitrogens with one attached hydrogen (secondary N) is 1. The average Bonchev–Trinajstić information content (AvgIpc) is 2.73. The number of ether oxygens (including phenoxy) is 1. The first-order valence-electron chi connectivity index (χ1n) is 10.2. The summed E-state index contributed by atoms with van der Waals surface area (Å²) in [5.41, 5.74) is 1.76. The minimum Gasteiger partial charge on any atom is -0.497 e. The monoisotopic (exact) mass is 396 g/mol. The van der Waals surface area contributed by atoms with E-state index in [1.807, 2.05) is 61.5 Å². The standard InChI is InChI=1S/C24H32N2O3/c1-5-9-22(27)26(17-19-12-14-21(29-4)15-13-19)23(20-10-7-6-8-11-20)24(28)25-16-18(2)3/h6-8,10-15,18,23H,5,9,16-17H2,1-4H3,(H,25,28)/t23-/m1/s1. The zero-order chi connectivity index (χ0) is 21.2. The first kappa shape index (κ1) is 22.5.